The SMILES string of the molecule is CCCCSc1nc(N)c2c3c(sc2n1)C[NH+](C)CC3. The van der Waals surface area contributed by atoms with Crippen LogP contribution in [0.15, 0.2) is 5.16 Å². The Hall–Kier alpha value is -0.850. The molecule has 0 bridgehead atoms. The fraction of sp³-hybridized carbons (Fsp3) is 0.571. The van der Waals surface area contributed by atoms with Crippen molar-refractivity contribution in [2.75, 3.05) is 25.1 Å². The van der Waals surface area contributed by atoms with Gasteiger partial charge in [-0.05, 0) is 12.0 Å². The van der Waals surface area contributed by atoms with Crippen LogP contribution in [0.4, 0.5) is 5.82 Å². The maximum absolute atomic E-state index is 6.20. The molecule has 6 heteroatoms. The summed E-state index contributed by atoms with van der Waals surface area (Å²) >= 11 is 3.53. The second kappa shape index (κ2) is 5.87. The zero-order valence-electron chi connectivity index (χ0n) is 12.0. The Morgan fingerprint density at radius 1 is 1.40 bits per heavy atom. The average molecular weight is 309 g/mol. The smallest absolute Gasteiger partial charge is 0.190 e. The zero-order chi connectivity index (χ0) is 14.1. The highest BCUT2D eigenvalue weighted by atomic mass is 32.2. The number of quaternary nitrogens is 1. The lowest BCUT2D eigenvalue weighted by Gasteiger charge is -2.19. The Kier molecular flexibility index (Phi) is 4.14. The number of nitrogens with two attached hydrogens (primary N) is 1. The van der Waals surface area contributed by atoms with E-state index in [0.717, 1.165) is 34.1 Å². The van der Waals surface area contributed by atoms with Crippen LogP contribution in [0, 0.1) is 0 Å². The molecule has 1 unspecified atom stereocenters. The van der Waals surface area contributed by atoms with Crippen LogP contribution in [0.5, 0.6) is 0 Å². The van der Waals surface area contributed by atoms with Gasteiger partial charge in [-0.25, -0.2) is 9.97 Å². The standard InChI is InChI=1S/C14H20N4S2/c1-3-4-7-19-14-16-12(15)11-9-5-6-18(2)8-10(9)20-13(11)17-14/h3-8H2,1-2H3,(H2,15,16,17)/p+1. The van der Waals surface area contributed by atoms with E-state index < -0.39 is 0 Å². The number of nitrogens with one attached hydrogen (secondary N) is 1. The van der Waals surface area contributed by atoms with Gasteiger partial charge in [0.15, 0.2) is 5.16 Å². The molecule has 0 fully saturated rings. The van der Waals surface area contributed by atoms with E-state index in [9.17, 15) is 0 Å². The molecular weight excluding hydrogens is 288 g/mol. The topological polar surface area (TPSA) is 56.2 Å². The summed E-state index contributed by atoms with van der Waals surface area (Å²) in [4.78, 5) is 13.3. The molecule has 4 nitrogen and oxygen atoms in total. The molecule has 0 saturated carbocycles. The second-order valence-electron chi connectivity index (χ2n) is 5.41. The van der Waals surface area contributed by atoms with Crippen LogP contribution < -0.4 is 10.6 Å². The summed E-state index contributed by atoms with van der Waals surface area (Å²) in [5.74, 6) is 1.74. The van der Waals surface area contributed by atoms with Crippen molar-refractivity contribution in [3.8, 4) is 0 Å². The summed E-state index contributed by atoms with van der Waals surface area (Å²) in [7, 11) is 2.24. The number of hydrogen-bond donors (Lipinski definition) is 2. The Morgan fingerprint density at radius 2 is 2.25 bits per heavy atom. The number of rotatable bonds is 4. The van der Waals surface area contributed by atoms with E-state index in [4.69, 9.17) is 10.7 Å². The normalized spacial score (nSPS) is 18.4. The number of anilines is 1. The highest BCUT2D eigenvalue weighted by Gasteiger charge is 2.24. The van der Waals surface area contributed by atoms with Crippen LogP contribution in [0.2, 0.25) is 0 Å². The minimum Gasteiger partial charge on any atom is -0.383 e. The molecule has 0 radical (unpaired) electrons. The summed E-state index contributed by atoms with van der Waals surface area (Å²) in [5, 5.41) is 1.96. The van der Waals surface area contributed by atoms with E-state index in [-0.39, 0.29) is 0 Å². The maximum atomic E-state index is 6.20. The molecule has 2 aromatic heterocycles. The molecule has 1 aliphatic heterocycles. The van der Waals surface area contributed by atoms with Gasteiger partial charge in [-0.15, -0.1) is 11.3 Å². The van der Waals surface area contributed by atoms with Gasteiger partial charge in [-0.1, -0.05) is 25.1 Å². The van der Waals surface area contributed by atoms with Crippen molar-refractivity contribution in [3.05, 3.63) is 10.4 Å². The third kappa shape index (κ3) is 2.64. The van der Waals surface area contributed by atoms with Crippen molar-refractivity contribution in [1.82, 2.24) is 9.97 Å². The first-order chi connectivity index (χ1) is 9.69. The molecule has 0 amide bonds. The van der Waals surface area contributed by atoms with E-state index in [1.165, 1.54) is 29.8 Å². The Morgan fingerprint density at radius 3 is 3.05 bits per heavy atom. The Bertz CT molecular complexity index is 623. The lowest BCUT2D eigenvalue weighted by atomic mass is 10.1. The van der Waals surface area contributed by atoms with E-state index >= 15 is 0 Å². The number of thioether (sulfide) groups is 1. The summed E-state index contributed by atoms with van der Waals surface area (Å²) in [6, 6.07) is 0. The molecular formula is C14H21N4S2+. The first-order valence-corrected chi connectivity index (χ1v) is 9.01. The number of thiophene rings is 1. The van der Waals surface area contributed by atoms with Gasteiger partial charge < -0.3 is 10.6 Å². The third-order valence-corrected chi connectivity index (χ3v) is 5.79. The summed E-state index contributed by atoms with van der Waals surface area (Å²) < 4.78 is 0. The minimum atomic E-state index is 0.672. The molecule has 0 saturated heterocycles. The lowest BCUT2D eigenvalue weighted by Crippen LogP contribution is -3.08. The monoisotopic (exact) mass is 309 g/mol. The molecule has 3 heterocycles. The molecule has 0 spiro atoms. The van der Waals surface area contributed by atoms with Crippen LogP contribution in [0.25, 0.3) is 10.2 Å². The van der Waals surface area contributed by atoms with Gasteiger partial charge in [0, 0.05) is 12.2 Å². The van der Waals surface area contributed by atoms with E-state index in [1.54, 1.807) is 28.0 Å². The van der Waals surface area contributed by atoms with Gasteiger partial charge >= 0.3 is 0 Å². The fourth-order valence-corrected chi connectivity index (χ4v) is 4.93. The number of hydrogen-bond acceptors (Lipinski definition) is 5. The molecule has 2 aromatic rings. The number of nitrogens with zero attached hydrogens (tertiary/aromatic N) is 2. The highest BCUT2D eigenvalue weighted by molar-refractivity contribution is 7.99. The maximum Gasteiger partial charge on any atom is 0.190 e. The minimum absolute atomic E-state index is 0.672. The van der Waals surface area contributed by atoms with Crippen molar-refractivity contribution in [1.29, 1.82) is 0 Å². The highest BCUT2D eigenvalue weighted by Crippen LogP contribution is 2.35. The molecule has 3 rings (SSSR count). The summed E-state index contributed by atoms with van der Waals surface area (Å²) in [6.45, 7) is 4.46. The van der Waals surface area contributed by atoms with Gasteiger partial charge in [0.25, 0.3) is 0 Å². The van der Waals surface area contributed by atoms with Crippen molar-refractivity contribution < 1.29 is 4.90 Å². The van der Waals surface area contributed by atoms with Crippen molar-refractivity contribution in [2.24, 2.45) is 0 Å². The molecule has 1 aliphatic rings. The Balaban J connectivity index is 1.96. The van der Waals surface area contributed by atoms with Crippen molar-refractivity contribution >= 4 is 39.1 Å². The second-order valence-corrected chi connectivity index (χ2v) is 7.56. The van der Waals surface area contributed by atoms with Gasteiger partial charge in [-0.2, -0.15) is 0 Å². The first kappa shape index (κ1) is 14.1. The molecule has 3 N–H and O–H groups in total. The predicted molar refractivity (Wildman–Crippen MR) is 86.6 cm³/mol. The summed E-state index contributed by atoms with van der Waals surface area (Å²) in [5.41, 5.74) is 7.60. The van der Waals surface area contributed by atoms with Crippen LogP contribution in [-0.4, -0.2) is 29.3 Å². The van der Waals surface area contributed by atoms with Crippen LogP contribution >= 0.6 is 23.1 Å². The molecule has 1 atom stereocenters. The van der Waals surface area contributed by atoms with E-state index in [0.29, 0.717) is 5.82 Å². The number of nitrogen functional groups attached to an aromatic ring is 1. The Labute approximate surface area is 127 Å². The molecule has 108 valence electrons. The zero-order valence-corrected chi connectivity index (χ0v) is 13.7. The quantitative estimate of drug-likeness (QED) is 0.513. The van der Waals surface area contributed by atoms with Crippen LogP contribution in [-0.2, 0) is 13.0 Å². The van der Waals surface area contributed by atoms with Crippen LogP contribution in [0.1, 0.15) is 30.2 Å². The largest absolute Gasteiger partial charge is 0.383 e. The molecule has 0 aromatic carbocycles. The summed E-state index contributed by atoms with van der Waals surface area (Å²) in [6.07, 6.45) is 3.49. The van der Waals surface area contributed by atoms with E-state index in [2.05, 4.69) is 19.0 Å². The number of fused-ring (bicyclic) bond motifs is 3. The molecule has 0 aliphatic carbocycles. The fourth-order valence-electron chi connectivity index (χ4n) is 2.59. The van der Waals surface area contributed by atoms with Gasteiger partial charge in [0.1, 0.15) is 17.2 Å². The van der Waals surface area contributed by atoms with E-state index in [1.807, 2.05) is 0 Å². The van der Waals surface area contributed by atoms with Gasteiger partial charge in [0.2, 0.25) is 0 Å². The first-order valence-electron chi connectivity index (χ1n) is 7.21. The lowest BCUT2D eigenvalue weighted by molar-refractivity contribution is -0.895. The number of likely N-dealkylation sites (N-methyl/N-ethyl adjacent to an activating group) is 1. The number of aromatic nitrogens is 2. The van der Waals surface area contributed by atoms with Crippen molar-refractivity contribution in [2.45, 2.75) is 37.9 Å². The average Bonchev–Trinajstić information content (AvgIpc) is 2.76. The van der Waals surface area contributed by atoms with Crippen LogP contribution in [0.3, 0.4) is 0 Å². The number of unbranched alkanes of at least 4 members (excludes halogenated alkanes) is 1. The molecule has 20 heavy (non-hydrogen) atoms. The third-order valence-electron chi connectivity index (χ3n) is 3.73. The van der Waals surface area contributed by atoms with Gasteiger partial charge in [-0.3, -0.25) is 0 Å². The van der Waals surface area contributed by atoms with Crippen molar-refractivity contribution in [3.63, 3.8) is 0 Å². The predicted octanol–water partition coefficient (Wildman–Crippen LogP) is 1.74. The van der Waals surface area contributed by atoms with Gasteiger partial charge in [0.05, 0.1) is 23.9 Å².